The van der Waals surface area contributed by atoms with Gasteiger partial charge in [-0.15, -0.1) is 0 Å². The van der Waals surface area contributed by atoms with E-state index in [-0.39, 0.29) is 6.09 Å². The van der Waals surface area contributed by atoms with E-state index in [1.807, 2.05) is 6.08 Å². The molecule has 0 aliphatic heterocycles. The van der Waals surface area contributed by atoms with Gasteiger partial charge in [0.1, 0.15) is 0 Å². The van der Waals surface area contributed by atoms with Crippen LogP contribution in [-0.4, -0.2) is 47.1 Å². The SMILES string of the molecule is C=CCC(C1CCCCC1)N([CH2][Sn]([CH2]CCC)([CH2]CCC)[CH2]CCC)C(=O)OC. The monoisotopic (exact) mass is 515 g/mol. The van der Waals surface area contributed by atoms with Gasteiger partial charge in [0.2, 0.25) is 0 Å². The number of amides is 1. The Bertz CT molecular complexity index is 426. The molecule has 1 rings (SSSR count). The van der Waals surface area contributed by atoms with Crippen LogP contribution in [-0.2, 0) is 4.74 Å². The first-order chi connectivity index (χ1) is 14.1. The zero-order valence-electron chi connectivity index (χ0n) is 20.0. The van der Waals surface area contributed by atoms with Crippen LogP contribution < -0.4 is 0 Å². The molecule has 29 heavy (non-hydrogen) atoms. The fraction of sp³-hybridized carbons (Fsp3) is 0.880. The van der Waals surface area contributed by atoms with Crippen molar-refractivity contribution in [1.82, 2.24) is 4.90 Å². The summed E-state index contributed by atoms with van der Waals surface area (Å²) in [6.45, 7) is 11.0. The number of rotatable bonds is 15. The molecule has 0 radical (unpaired) electrons. The van der Waals surface area contributed by atoms with Crippen molar-refractivity contribution in [3.63, 3.8) is 0 Å². The molecule has 0 N–H and O–H groups in total. The van der Waals surface area contributed by atoms with Crippen molar-refractivity contribution in [2.45, 2.75) is 117 Å². The van der Waals surface area contributed by atoms with Gasteiger partial charge in [0, 0.05) is 0 Å². The Labute approximate surface area is 185 Å². The summed E-state index contributed by atoms with van der Waals surface area (Å²) in [5.41, 5.74) is 0. The van der Waals surface area contributed by atoms with Crippen LogP contribution in [0.25, 0.3) is 0 Å². The molecule has 0 bridgehead atoms. The molecule has 1 amide bonds. The van der Waals surface area contributed by atoms with Gasteiger partial charge in [-0.25, -0.2) is 0 Å². The van der Waals surface area contributed by atoms with Gasteiger partial charge in [0.05, 0.1) is 0 Å². The van der Waals surface area contributed by atoms with Gasteiger partial charge in [0.15, 0.2) is 0 Å². The number of unbranched alkanes of at least 4 members (excludes halogenated alkanes) is 3. The topological polar surface area (TPSA) is 29.5 Å². The first kappa shape index (κ1) is 26.8. The van der Waals surface area contributed by atoms with Crippen molar-refractivity contribution >= 4 is 24.5 Å². The molecule has 0 heterocycles. The predicted molar refractivity (Wildman–Crippen MR) is 129 cm³/mol. The van der Waals surface area contributed by atoms with E-state index in [1.54, 1.807) is 7.11 Å². The molecular weight excluding hydrogens is 465 g/mol. The van der Waals surface area contributed by atoms with Crippen molar-refractivity contribution in [3.8, 4) is 0 Å². The van der Waals surface area contributed by atoms with E-state index in [0.29, 0.717) is 12.0 Å². The summed E-state index contributed by atoms with van der Waals surface area (Å²) in [6, 6.07) is 0.293. The average Bonchev–Trinajstić information content (AvgIpc) is 2.76. The molecule has 0 saturated heterocycles. The summed E-state index contributed by atoms with van der Waals surface area (Å²) in [5.74, 6) is 0.619. The maximum atomic E-state index is 13.1. The standard InChI is InChI=1S/C13H22NO2.3C4H9.Sn/c1-4-8-12(14(2)13(15)16-3)11-9-6-5-7-10-11;3*1-3-4-2;/h4,11-12H,1-2,5-10H2,3H3;3*1,3-4H2,2H3;. The van der Waals surface area contributed by atoms with Crippen molar-refractivity contribution in [2.75, 3.05) is 11.7 Å². The number of carbonyl (C=O) groups is 1. The Morgan fingerprint density at radius 1 is 1.03 bits per heavy atom. The zero-order chi connectivity index (χ0) is 21.5. The van der Waals surface area contributed by atoms with Crippen LogP contribution in [0.4, 0.5) is 4.79 Å². The molecule has 1 fully saturated rings. The van der Waals surface area contributed by atoms with E-state index in [4.69, 9.17) is 4.74 Å². The van der Waals surface area contributed by atoms with Crippen LogP contribution in [0.3, 0.4) is 0 Å². The number of ether oxygens (including phenoxy) is 1. The molecule has 0 aromatic rings. The van der Waals surface area contributed by atoms with E-state index < -0.39 is 18.4 Å². The normalized spacial score (nSPS) is 16.4. The second kappa shape index (κ2) is 15.6. The van der Waals surface area contributed by atoms with Gasteiger partial charge in [-0.05, 0) is 0 Å². The summed E-state index contributed by atoms with van der Waals surface area (Å²) in [4.78, 5) is 15.3. The summed E-state index contributed by atoms with van der Waals surface area (Å²) >= 11 is -2.48. The zero-order valence-corrected chi connectivity index (χ0v) is 22.9. The van der Waals surface area contributed by atoms with Gasteiger partial charge in [-0.1, -0.05) is 0 Å². The van der Waals surface area contributed by atoms with Crippen molar-refractivity contribution in [3.05, 3.63) is 12.7 Å². The molecular formula is C25H49NO2Sn. The van der Waals surface area contributed by atoms with E-state index in [0.717, 1.165) is 11.0 Å². The summed E-state index contributed by atoms with van der Waals surface area (Å²) in [7, 11) is 1.57. The fourth-order valence-electron chi connectivity index (χ4n) is 5.33. The van der Waals surface area contributed by atoms with Crippen LogP contribution in [0, 0.1) is 5.92 Å². The molecule has 1 saturated carbocycles. The fourth-order valence-corrected chi connectivity index (χ4v) is 21.4. The second-order valence-electron chi connectivity index (χ2n) is 9.40. The molecule has 1 aliphatic carbocycles. The molecule has 0 aromatic carbocycles. The van der Waals surface area contributed by atoms with Gasteiger partial charge >= 0.3 is 186 Å². The Morgan fingerprint density at radius 3 is 1.97 bits per heavy atom. The third kappa shape index (κ3) is 9.23. The van der Waals surface area contributed by atoms with Crippen LogP contribution >= 0.6 is 0 Å². The van der Waals surface area contributed by atoms with Gasteiger partial charge in [-0.2, -0.15) is 0 Å². The molecule has 4 heteroatoms. The third-order valence-corrected chi connectivity index (χ3v) is 22.1. The molecule has 170 valence electrons. The molecule has 1 unspecified atom stereocenters. The van der Waals surface area contributed by atoms with E-state index in [9.17, 15) is 4.79 Å². The summed E-state index contributed by atoms with van der Waals surface area (Å²) in [6.07, 6.45) is 17.2. The number of hydrogen-bond acceptors (Lipinski definition) is 2. The molecule has 3 nitrogen and oxygen atoms in total. The Morgan fingerprint density at radius 2 is 1.55 bits per heavy atom. The Hall–Kier alpha value is -0.191. The van der Waals surface area contributed by atoms with Gasteiger partial charge in [-0.3, -0.25) is 0 Å². The van der Waals surface area contributed by atoms with Crippen LogP contribution in [0.2, 0.25) is 13.3 Å². The molecule has 1 aliphatic rings. The van der Waals surface area contributed by atoms with E-state index in [2.05, 4.69) is 32.3 Å². The summed E-state index contributed by atoms with van der Waals surface area (Å²) in [5, 5.41) is 0. The number of nitrogens with zero attached hydrogens (tertiary/aromatic N) is 1. The minimum absolute atomic E-state index is 0.0759. The molecule has 1 atom stereocenters. The van der Waals surface area contributed by atoms with Gasteiger partial charge in [0.25, 0.3) is 0 Å². The molecule has 0 spiro atoms. The predicted octanol–water partition coefficient (Wildman–Crippen LogP) is 7.97. The first-order valence-corrected chi connectivity index (χ1v) is 20.6. The van der Waals surface area contributed by atoms with E-state index in [1.165, 1.54) is 83.9 Å². The Kier molecular flexibility index (Phi) is 14.4. The Balaban J connectivity index is 3.18. The number of hydrogen-bond donors (Lipinski definition) is 0. The third-order valence-electron chi connectivity index (χ3n) is 7.10. The van der Waals surface area contributed by atoms with Crippen LogP contribution in [0.1, 0.15) is 97.8 Å². The maximum absolute atomic E-state index is 13.1. The van der Waals surface area contributed by atoms with Crippen molar-refractivity contribution in [2.24, 2.45) is 5.92 Å². The van der Waals surface area contributed by atoms with E-state index >= 15 is 0 Å². The minimum atomic E-state index is -2.48. The van der Waals surface area contributed by atoms with Crippen LogP contribution in [0.15, 0.2) is 12.7 Å². The average molecular weight is 514 g/mol. The second-order valence-corrected chi connectivity index (χ2v) is 23.1. The molecule has 0 aromatic heterocycles. The van der Waals surface area contributed by atoms with Crippen molar-refractivity contribution < 1.29 is 9.53 Å². The van der Waals surface area contributed by atoms with Crippen LogP contribution in [0.5, 0.6) is 0 Å². The van der Waals surface area contributed by atoms with Crippen molar-refractivity contribution in [1.29, 1.82) is 0 Å². The number of methoxy groups -OCH3 is 1. The summed E-state index contributed by atoms with van der Waals surface area (Å²) < 4.78 is 10.7. The number of carbonyl (C=O) groups excluding carboxylic acids is 1. The first-order valence-electron chi connectivity index (χ1n) is 12.5. The quantitative estimate of drug-likeness (QED) is 0.164. The van der Waals surface area contributed by atoms with Gasteiger partial charge < -0.3 is 0 Å².